The highest BCUT2D eigenvalue weighted by molar-refractivity contribution is 7.12. The van der Waals surface area contributed by atoms with Gasteiger partial charge in [0.1, 0.15) is 5.82 Å². The van der Waals surface area contributed by atoms with Crippen LogP contribution in [0, 0.1) is 20.8 Å². The van der Waals surface area contributed by atoms with Gasteiger partial charge in [0.15, 0.2) is 16.6 Å². The summed E-state index contributed by atoms with van der Waals surface area (Å²) in [5.41, 5.74) is 5.22. The number of hydrogen-bond acceptors (Lipinski definition) is 7. The fraction of sp³-hybridized carbons (Fsp3) is 0.333. The van der Waals surface area contributed by atoms with E-state index >= 15 is 0 Å². The molecule has 0 spiro atoms. The number of nitrogen functional groups attached to an aromatic ring is 1. The molecule has 0 aromatic carbocycles. The fourth-order valence-corrected chi connectivity index (χ4v) is 2.26. The van der Waals surface area contributed by atoms with E-state index in [1.807, 2.05) is 6.92 Å². The molecule has 0 aliphatic carbocycles. The number of rotatable bonds is 0. The SMILES string of the molecule is Cc1nsc(N)n1.Cc1sc(C)c(O)c1O. The van der Waals surface area contributed by atoms with E-state index < -0.39 is 0 Å². The third-order valence-electron chi connectivity index (χ3n) is 1.74. The number of aryl methyl sites for hydroxylation is 3. The highest BCUT2D eigenvalue weighted by Gasteiger charge is 2.08. The van der Waals surface area contributed by atoms with E-state index in [4.69, 9.17) is 15.9 Å². The molecule has 0 amide bonds. The first-order valence-electron chi connectivity index (χ1n) is 4.45. The summed E-state index contributed by atoms with van der Waals surface area (Å²) in [6.45, 7) is 5.35. The highest BCUT2D eigenvalue weighted by atomic mass is 32.1. The van der Waals surface area contributed by atoms with Gasteiger partial charge in [-0.25, -0.2) is 4.98 Å². The molecule has 0 unspecified atom stereocenters. The fourth-order valence-electron chi connectivity index (χ4n) is 0.973. The maximum absolute atomic E-state index is 8.99. The molecule has 2 aromatic heterocycles. The van der Waals surface area contributed by atoms with Crippen molar-refractivity contribution < 1.29 is 10.2 Å². The molecule has 0 fully saturated rings. The van der Waals surface area contributed by atoms with Crippen molar-refractivity contribution in [1.82, 2.24) is 9.36 Å². The Hall–Kier alpha value is -1.34. The summed E-state index contributed by atoms with van der Waals surface area (Å²) in [5.74, 6) is 0.803. The lowest BCUT2D eigenvalue weighted by atomic mass is 10.4. The largest absolute Gasteiger partial charge is 0.503 e. The van der Waals surface area contributed by atoms with Crippen LogP contribution in [0.1, 0.15) is 15.6 Å². The summed E-state index contributed by atoms with van der Waals surface area (Å²) < 4.78 is 3.82. The molecule has 0 atom stereocenters. The van der Waals surface area contributed by atoms with Crippen LogP contribution in [0.5, 0.6) is 11.5 Å². The van der Waals surface area contributed by atoms with Crippen molar-refractivity contribution in [2.45, 2.75) is 20.8 Å². The molecule has 0 radical (unpaired) electrons. The number of anilines is 1. The topological polar surface area (TPSA) is 92.3 Å². The Morgan fingerprint density at radius 2 is 1.56 bits per heavy atom. The molecule has 0 aliphatic heterocycles. The molecule has 0 saturated heterocycles. The van der Waals surface area contributed by atoms with E-state index in [0.717, 1.165) is 15.6 Å². The van der Waals surface area contributed by atoms with Crippen LogP contribution in [0.4, 0.5) is 5.13 Å². The van der Waals surface area contributed by atoms with Crippen molar-refractivity contribution in [2.75, 3.05) is 5.73 Å². The molecule has 2 aromatic rings. The lowest BCUT2D eigenvalue weighted by molar-refractivity contribution is 0.403. The quantitative estimate of drug-likeness (QED) is 0.674. The van der Waals surface area contributed by atoms with E-state index in [1.165, 1.54) is 22.9 Å². The Kier molecular flexibility index (Phi) is 4.08. The van der Waals surface area contributed by atoms with Crippen molar-refractivity contribution in [3.05, 3.63) is 15.6 Å². The van der Waals surface area contributed by atoms with Crippen LogP contribution in [0.15, 0.2) is 0 Å². The molecule has 0 aliphatic rings. The number of aromatic hydroxyl groups is 2. The lowest BCUT2D eigenvalue weighted by Crippen LogP contribution is -1.80. The molecule has 5 nitrogen and oxygen atoms in total. The van der Waals surface area contributed by atoms with E-state index in [0.29, 0.717) is 5.13 Å². The van der Waals surface area contributed by atoms with Gasteiger partial charge in [-0.3, -0.25) is 0 Å². The molecule has 2 rings (SSSR count). The van der Waals surface area contributed by atoms with Gasteiger partial charge in [0.05, 0.1) is 0 Å². The lowest BCUT2D eigenvalue weighted by Gasteiger charge is -1.86. The average Bonchev–Trinajstić information content (AvgIpc) is 2.68. The van der Waals surface area contributed by atoms with Crippen molar-refractivity contribution in [3.8, 4) is 11.5 Å². The van der Waals surface area contributed by atoms with Crippen LogP contribution in [0.3, 0.4) is 0 Å². The molecule has 0 saturated carbocycles. The van der Waals surface area contributed by atoms with Crippen LogP contribution in [-0.2, 0) is 0 Å². The molecule has 2 heterocycles. The minimum atomic E-state index is 0.0255. The van der Waals surface area contributed by atoms with Crippen LogP contribution < -0.4 is 5.73 Å². The van der Waals surface area contributed by atoms with Crippen LogP contribution in [0.25, 0.3) is 0 Å². The summed E-state index contributed by atoms with van der Waals surface area (Å²) in [7, 11) is 0. The Labute approximate surface area is 101 Å². The number of thiophene rings is 1. The van der Waals surface area contributed by atoms with Gasteiger partial charge < -0.3 is 15.9 Å². The monoisotopic (exact) mass is 259 g/mol. The molecule has 16 heavy (non-hydrogen) atoms. The van der Waals surface area contributed by atoms with E-state index in [2.05, 4.69) is 9.36 Å². The Bertz CT molecular complexity index is 440. The van der Waals surface area contributed by atoms with Crippen molar-refractivity contribution in [1.29, 1.82) is 0 Å². The minimum absolute atomic E-state index is 0.0255. The second kappa shape index (κ2) is 5.13. The first-order chi connectivity index (χ1) is 7.41. The van der Waals surface area contributed by atoms with E-state index in [9.17, 15) is 0 Å². The second-order valence-electron chi connectivity index (χ2n) is 3.09. The zero-order chi connectivity index (χ0) is 12.3. The van der Waals surface area contributed by atoms with Gasteiger partial charge in [-0.2, -0.15) is 4.37 Å². The number of nitrogens with two attached hydrogens (primary N) is 1. The van der Waals surface area contributed by atoms with E-state index in [1.54, 1.807) is 13.8 Å². The molecule has 4 N–H and O–H groups in total. The van der Waals surface area contributed by atoms with Crippen molar-refractivity contribution in [2.24, 2.45) is 0 Å². The third-order valence-corrected chi connectivity index (χ3v) is 3.37. The van der Waals surface area contributed by atoms with Crippen molar-refractivity contribution >= 4 is 28.0 Å². The van der Waals surface area contributed by atoms with Gasteiger partial charge in [0.2, 0.25) is 0 Å². The molecule has 88 valence electrons. The second-order valence-corrected chi connectivity index (χ2v) is 5.30. The van der Waals surface area contributed by atoms with Gasteiger partial charge in [0.25, 0.3) is 0 Å². The number of aromatic nitrogens is 2. The molecule has 0 bridgehead atoms. The van der Waals surface area contributed by atoms with Gasteiger partial charge in [-0.05, 0) is 20.8 Å². The molecular weight excluding hydrogens is 246 g/mol. The maximum Gasteiger partial charge on any atom is 0.199 e. The van der Waals surface area contributed by atoms with Gasteiger partial charge >= 0.3 is 0 Å². The molecular formula is C9H13N3O2S2. The van der Waals surface area contributed by atoms with Gasteiger partial charge in [0, 0.05) is 21.3 Å². The summed E-state index contributed by atoms with van der Waals surface area (Å²) >= 11 is 2.62. The Balaban J connectivity index is 0.000000165. The molecule has 7 heteroatoms. The highest BCUT2D eigenvalue weighted by Crippen LogP contribution is 2.38. The first kappa shape index (κ1) is 12.7. The van der Waals surface area contributed by atoms with Crippen LogP contribution >= 0.6 is 22.9 Å². The Morgan fingerprint density at radius 3 is 1.69 bits per heavy atom. The average molecular weight is 259 g/mol. The maximum atomic E-state index is 8.99. The smallest absolute Gasteiger partial charge is 0.199 e. The summed E-state index contributed by atoms with van der Waals surface area (Å²) in [4.78, 5) is 5.33. The first-order valence-corrected chi connectivity index (χ1v) is 6.04. The predicted octanol–water partition coefficient (Wildman–Crippen LogP) is 2.20. The number of nitrogens with zero attached hydrogens (tertiary/aromatic N) is 2. The minimum Gasteiger partial charge on any atom is -0.503 e. The standard InChI is InChI=1S/C6H8O2S.C3H5N3S/c1-3-5(7)6(8)4(2)9-3;1-2-5-3(4)7-6-2/h7-8H,1-2H3;1H3,(H2,4,5,6). The normalized spacial score (nSPS) is 9.69. The third kappa shape index (κ3) is 3.07. The van der Waals surface area contributed by atoms with Crippen LogP contribution in [0.2, 0.25) is 0 Å². The van der Waals surface area contributed by atoms with Crippen molar-refractivity contribution in [3.63, 3.8) is 0 Å². The Morgan fingerprint density at radius 1 is 1.06 bits per heavy atom. The van der Waals surface area contributed by atoms with Gasteiger partial charge in [-0.1, -0.05) is 0 Å². The zero-order valence-corrected chi connectivity index (χ0v) is 10.8. The predicted molar refractivity (Wildman–Crippen MR) is 66.2 cm³/mol. The summed E-state index contributed by atoms with van der Waals surface area (Å²) in [6, 6.07) is 0. The summed E-state index contributed by atoms with van der Waals surface area (Å²) in [5, 5.41) is 18.5. The van der Waals surface area contributed by atoms with Gasteiger partial charge in [-0.15, -0.1) is 11.3 Å². The van der Waals surface area contributed by atoms with E-state index in [-0.39, 0.29) is 11.5 Å². The van der Waals surface area contributed by atoms with Crippen LogP contribution in [-0.4, -0.2) is 19.6 Å². The number of hydrogen-bond donors (Lipinski definition) is 3. The summed E-state index contributed by atoms with van der Waals surface area (Å²) in [6.07, 6.45) is 0. The zero-order valence-electron chi connectivity index (χ0n) is 9.18.